The molecule has 5 heteroatoms. The molecule has 0 unspecified atom stereocenters. The van der Waals surface area contributed by atoms with Crippen LogP contribution >= 0.6 is 0 Å². The third-order valence-corrected chi connectivity index (χ3v) is 6.57. The van der Waals surface area contributed by atoms with Crippen LogP contribution < -0.4 is 0 Å². The maximum absolute atomic E-state index is 12.5. The van der Waals surface area contributed by atoms with Gasteiger partial charge in [-0.3, -0.25) is 4.79 Å². The summed E-state index contributed by atoms with van der Waals surface area (Å²) in [5.74, 6) is -0.144. The van der Waals surface area contributed by atoms with Gasteiger partial charge in [-0.05, 0) is 60.7 Å². The quantitative estimate of drug-likeness (QED) is 0.573. The molecule has 26 heavy (non-hydrogen) atoms. The summed E-state index contributed by atoms with van der Waals surface area (Å²) >= 11 is 0. The van der Waals surface area contributed by atoms with E-state index < -0.39 is 10.0 Å². The lowest BCUT2D eigenvalue weighted by molar-refractivity contribution is 0.104. The molecular formula is C21H23NO3S. The van der Waals surface area contributed by atoms with E-state index in [9.17, 15) is 13.2 Å². The summed E-state index contributed by atoms with van der Waals surface area (Å²) in [4.78, 5) is 12.6. The van der Waals surface area contributed by atoms with E-state index in [-0.39, 0.29) is 10.7 Å². The van der Waals surface area contributed by atoms with Crippen molar-refractivity contribution in [1.29, 1.82) is 0 Å². The molecule has 0 bridgehead atoms. The van der Waals surface area contributed by atoms with Crippen LogP contribution in [0.2, 0.25) is 0 Å². The van der Waals surface area contributed by atoms with Gasteiger partial charge in [-0.2, -0.15) is 4.31 Å². The molecule has 2 aromatic rings. The normalized spacial score (nSPS) is 15.6. The Morgan fingerprint density at radius 2 is 1.62 bits per heavy atom. The van der Waals surface area contributed by atoms with Gasteiger partial charge in [0.2, 0.25) is 10.0 Å². The number of hydrogen-bond acceptors (Lipinski definition) is 3. The molecule has 1 aliphatic heterocycles. The van der Waals surface area contributed by atoms with Gasteiger partial charge >= 0.3 is 0 Å². The van der Waals surface area contributed by atoms with Gasteiger partial charge in [-0.25, -0.2) is 8.42 Å². The molecule has 0 saturated carbocycles. The molecule has 0 aromatic heterocycles. The fourth-order valence-corrected chi connectivity index (χ4v) is 4.52. The van der Waals surface area contributed by atoms with Gasteiger partial charge in [0.15, 0.2) is 5.78 Å². The SMILES string of the molecule is CCc1ccc(/C=C/C(=O)c2ccc(S(=O)(=O)N3CCCC3)cc2)cc1. The maximum atomic E-state index is 12.5. The number of carbonyl (C=O) groups is 1. The average molecular weight is 369 g/mol. The van der Waals surface area contributed by atoms with E-state index in [1.165, 1.54) is 28.1 Å². The third-order valence-electron chi connectivity index (χ3n) is 4.66. The highest BCUT2D eigenvalue weighted by molar-refractivity contribution is 7.89. The molecule has 1 aliphatic rings. The first-order valence-corrected chi connectivity index (χ1v) is 10.4. The molecular weight excluding hydrogens is 346 g/mol. The Morgan fingerprint density at radius 3 is 2.19 bits per heavy atom. The smallest absolute Gasteiger partial charge is 0.243 e. The lowest BCUT2D eigenvalue weighted by atomic mass is 10.1. The molecule has 1 heterocycles. The molecule has 0 radical (unpaired) electrons. The molecule has 0 atom stereocenters. The van der Waals surface area contributed by atoms with Crippen LogP contribution in [0.1, 0.15) is 41.3 Å². The number of nitrogens with zero attached hydrogens (tertiary/aromatic N) is 1. The van der Waals surface area contributed by atoms with E-state index in [0.717, 1.165) is 24.8 Å². The Bertz CT molecular complexity index is 891. The number of rotatable bonds is 6. The zero-order valence-electron chi connectivity index (χ0n) is 14.9. The van der Waals surface area contributed by atoms with Crippen molar-refractivity contribution >= 4 is 21.9 Å². The maximum Gasteiger partial charge on any atom is 0.243 e. The van der Waals surface area contributed by atoms with E-state index >= 15 is 0 Å². The first kappa shape index (κ1) is 18.5. The van der Waals surface area contributed by atoms with Crippen molar-refractivity contribution in [3.8, 4) is 0 Å². The Kier molecular flexibility index (Phi) is 5.69. The second-order valence-electron chi connectivity index (χ2n) is 6.43. The van der Waals surface area contributed by atoms with E-state index in [1.807, 2.05) is 24.3 Å². The van der Waals surface area contributed by atoms with Crippen LogP contribution in [-0.4, -0.2) is 31.6 Å². The number of benzene rings is 2. The van der Waals surface area contributed by atoms with Crippen LogP contribution in [0.25, 0.3) is 6.08 Å². The molecule has 136 valence electrons. The van der Waals surface area contributed by atoms with Crippen molar-refractivity contribution < 1.29 is 13.2 Å². The Hall–Kier alpha value is -2.24. The fourth-order valence-electron chi connectivity index (χ4n) is 3.00. The summed E-state index contributed by atoms with van der Waals surface area (Å²) in [5, 5.41) is 0. The van der Waals surface area contributed by atoms with E-state index in [4.69, 9.17) is 0 Å². The van der Waals surface area contributed by atoms with Gasteiger partial charge in [0.1, 0.15) is 0 Å². The standard InChI is InChI=1S/C21H23NO3S/c1-2-17-5-7-18(8-6-17)9-14-21(23)19-10-12-20(13-11-19)26(24,25)22-15-3-4-16-22/h5-14H,2-4,15-16H2,1H3/b14-9+. The summed E-state index contributed by atoms with van der Waals surface area (Å²) in [6.07, 6.45) is 6.08. The lowest BCUT2D eigenvalue weighted by Gasteiger charge is -2.15. The lowest BCUT2D eigenvalue weighted by Crippen LogP contribution is -2.27. The zero-order valence-corrected chi connectivity index (χ0v) is 15.7. The van der Waals surface area contributed by atoms with E-state index in [1.54, 1.807) is 18.2 Å². The summed E-state index contributed by atoms with van der Waals surface area (Å²) < 4.78 is 26.5. The minimum atomic E-state index is -3.44. The zero-order chi connectivity index (χ0) is 18.6. The summed E-state index contributed by atoms with van der Waals surface area (Å²) in [7, 11) is -3.44. The molecule has 0 N–H and O–H groups in total. The molecule has 3 rings (SSSR count). The highest BCUT2D eigenvalue weighted by Crippen LogP contribution is 2.21. The van der Waals surface area contributed by atoms with Crippen molar-refractivity contribution in [3.05, 3.63) is 71.3 Å². The minimum Gasteiger partial charge on any atom is -0.289 e. The van der Waals surface area contributed by atoms with Crippen LogP contribution in [-0.2, 0) is 16.4 Å². The molecule has 1 saturated heterocycles. The van der Waals surface area contributed by atoms with Gasteiger partial charge in [0, 0.05) is 18.7 Å². The molecule has 0 spiro atoms. The summed E-state index contributed by atoms with van der Waals surface area (Å²) in [6.45, 7) is 3.24. The predicted molar refractivity (Wildman–Crippen MR) is 104 cm³/mol. The van der Waals surface area contributed by atoms with Crippen molar-refractivity contribution in [2.75, 3.05) is 13.1 Å². The summed E-state index contributed by atoms with van der Waals surface area (Å²) in [5.41, 5.74) is 2.69. The minimum absolute atomic E-state index is 0.144. The Labute approximate surface area is 155 Å². The molecule has 4 nitrogen and oxygen atoms in total. The third kappa shape index (κ3) is 4.11. The first-order valence-electron chi connectivity index (χ1n) is 8.92. The number of carbonyl (C=O) groups excluding carboxylic acids is 1. The van der Waals surface area contributed by atoms with Crippen LogP contribution in [0.15, 0.2) is 59.5 Å². The molecule has 2 aromatic carbocycles. The van der Waals surface area contributed by atoms with Gasteiger partial charge in [0.05, 0.1) is 4.90 Å². The van der Waals surface area contributed by atoms with Crippen LogP contribution in [0.5, 0.6) is 0 Å². The molecule has 0 amide bonds. The first-order chi connectivity index (χ1) is 12.5. The van der Waals surface area contributed by atoms with Gasteiger partial charge < -0.3 is 0 Å². The highest BCUT2D eigenvalue weighted by Gasteiger charge is 2.26. The monoisotopic (exact) mass is 369 g/mol. The topological polar surface area (TPSA) is 54.5 Å². The fraction of sp³-hybridized carbons (Fsp3) is 0.286. The Balaban J connectivity index is 1.71. The van der Waals surface area contributed by atoms with Crippen LogP contribution in [0.3, 0.4) is 0 Å². The predicted octanol–water partition coefficient (Wildman–Crippen LogP) is 3.93. The number of allylic oxidation sites excluding steroid dienone is 1. The number of ketones is 1. The molecule has 0 aliphatic carbocycles. The van der Waals surface area contributed by atoms with E-state index in [0.29, 0.717) is 18.7 Å². The highest BCUT2D eigenvalue weighted by atomic mass is 32.2. The van der Waals surface area contributed by atoms with Gasteiger partial charge in [-0.1, -0.05) is 37.3 Å². The number of hydrogen-bond donors (Lipinski definition) is 0. The van der Waals surface area contributed by atoms with Gasteiger partial charge in [0.25, 0.3) is 0 Å². The molecule has 1 fully saturated rings. The largest absolute Gasteiger partial charge is 0.289 e. The second-order valence-corrected chi connectivity index (χ2v) is 8.37. The van der Waals surface area contributed by atoms with Crippen LogP contribution in [0, 0.1) is 0 Å². The van der Waals surface area contributed by atoms with Crippen molar-refractivity contribution in [2.24, 2.45) is 0 Å². The Morgan fingerprint density at radius 1 is 1.00 bits per heavy atom. The number of sulfonamides is 1. The average Bonchev–Trinajstić information content (AvgIpc) is 3.22. The summed E-state index contributed by atoms with van der Waals surface area (Å²) in [6, 6.07) is 14.2. The van der Waals surface area contributed by atoms with Crippen molar-refractivity contribution in [1.82, 2.24) is 4.31 Å². The van der Waals surface area contributed by atoms with Crippen molar-refractivity contribution in [2.45, 2.75) is 31.1 Å². The van der Waals surface area contributed by atoms with Crippen LogP contribution in [0.4, 0.5) is 0 Å². The van der Waals surface area contributed by atoms with E-state index in [2.05, 4.69) is 6.92 Å². The van der Waals surface area contributed by atoms with Crippen molar-refractivity contribution in [3.63, 3.8) is 0 Å². The number of aryl methyl sites for hydroxylation is 1. The van der Waals surface area contributed by atoms with Gasteiger partial charge in [-0.15, -0.1) is 0 Å². The second kappa shape index (κ2) is 7.98.